The highest BCUT2D eigenvalue weighted by Gasteiger charge is 2.10. The molecular formula is C15H27IN4O4S. The largest absolute Gasteiger partial charge is 0.467 e. The third-order valence-corrected chi connectivity index (χ3v) is 4.05. The average molecular weight is 486 g/mol. The van der Waals surface area contributed by atoms with Crippen LogP contribution in [0.2, 0.25) is 0 Å². The maximum absolute atomic E-state index is 11.8. The molecule has 25 heavy (non-hydrogen) atoms. The van der Waals surface area contributed by atoms with E-state index in [0.717, 1.165) is 0 Å². The molecule has 0 radical (unpaired) electrons. The van der Waals surface area contributed by atoms with Crippen LogP contribution in [0.3, 0.4) is 0 Å². The predicted octanol–water partition coefficient (Wildman–Crippen LogP) is 0.892. The minimum Gasteiger partial charge on any atom is -0.467 e. The summed E-state index contributed by atoms with van der Waals surface area (Å²) in [5.74, 6) is 1.02. The molecule has 0 aliphatic heterocycles. The van der Waals surface area contributed by atoms with Crippen molar-refractivity contribution in [3.05, 3.63) is 24.2 Å². The Labute approximate surface area is 166 Å². The van der Waals surface area contributed by atoms with Gasteiger partial charge in [0.05, 0.1) is 18.6 Å². The van der Waals surface area contributed by atoms with Crippen LogP contribution >= 0.6 is 24.0 Å². The first-order valence-corrected chi connectivity index (χ1v) is 9.88. The van der Waals surface area contributed by atoms with E-state index in [4.69, 9.17) is 4.42 Å². The van der Waals surface area contributed by atoms with Crippen molar-refractivity contribution in [2.75, 3.05) is 25.1 Å². The molecule has 0 bridgehead atoms. The average Bonchev–Trinajstić information content (AvgIpc) is 3.01. The van der Waals surface area contributed by atoms with Crippen molar-refractivity contribution in [3.8, 4) is 0 Å². The summed E-state index contributed by atoms with van der Waals surface area (Å²) in [4.78, 5) is 16.0. The van der Waals surface area contributed by atoms with Gasteiger partial charge in [0.15, 0.2) is 5.96 Å². The fraction of sp³-hybridized carbons (Fsp3) is 0.600. The Morgan fingerprint density at radius 3 is 2.64 bits per heavy atom. The Bertz CT molecular complexity index is 632. The van der Waals surface area contributed by atoms with Gasteiger partial charge in [-0.05, 0) is 32.4 Å². The lowest BCUT2D eigenvalue weighted by Gasteiger charge is -2.17. The summed E-state index contributed by atoms with van der Waals surface area (Å²) in [6, 6.07) is 3.45. The highest BCUT2D eigenvalue weighted by Crippen LogP contribution is 1.98. The van der Waals surface area contributed by atoms with Gasteiger partial charge >= 0.3 is 0 Å². The first-order valence-electron chi connectivity index (χ1n) is 7.81. The number of amides is 1. The van der Waals surface area contributed by atoms with Gasteiger partial charge < -0.3 is 20.4 Å². The standard InChI is InChI=1S/C15H26N4O4S.HI/c1-4-16-15(19-12(2)7-9-24(3,21)22)18-11-14(20)17-10-13-6-5-8-23-13;/h5-6,8,12H,4,7,9-11H2,1-3H3,(H,17,20)(H2,16,18,19);1H. The molecule has 1 unspecified atom stereocenters. The summed E-state index contributed by atoms with van der Waals surface area (Å²) in [7, 11) is -3.00. The third-order valence-electron chi connectivity index (χ3n) is 3.07. The molecule has 0 aromatic carbocycles. The van der Waals surface area contributed by atoms with E-state index in [2.05, 4.69) is 20.9 Å². The SMILES string of the molecule is CCNC(=NCC(=O)NCc1ccco1)NC(C)CCS(C)(=O)=O.I. The zero-order valence-electron chi connectivity index (χ0n) is 14.7. The monoisotopic (exact) mass is 486 g/mol. The van der Waals surface area contributed by atoms with Crippen molar-refractivity contribution < 1.29 is 17.6 Å². The van der Waals surface area contributed by atoms with Crippen molar-refractivity contribution >= 4 is 45.7 Å². The first kappa shape index (κ1) is 23.7. The highest BCUT2D eigenvalue weighted by atomic mass is 127. The lowest BCUT2D eigenvalue weighted by molar-refractivity contribution is -0.119. The number of halogens is 1. The van der Waals surface area contributed by atoms with Crippen LogP contribution in [-0.2, 0) is 21.2 Å². The molecule has 0 spiro atoms. The second kappa shape index (κ2) is 12.1. The van der Waals surface area contributed by atoms with E-state index in [1.165, 1.54) is 6.26 Å². The molecule has 1 atom stereocenters. The molecule has 0 saturated carbocycles. The zero-order valence-corrected chi connectivity index (χ0v) is 17.9. The molecule has 1 aromatic rings. The minimum absolute atomic E-state index is 0. The van der Waals surface area contributed by atoms with Crippen LogP contribution in [0.15, 0.2) is 27.8 Å². The summed E-state index contributed by atoms with van der Waals surface area (Å²) < 4.78 is 27.5. The number of hydrogen-bond acceptors (Lipinski definition) is 5. The minimum atomic E-state index is -3.00. The maximum atomic E-state index is 11.8. The number of sulfone groups is 1. The number of hydrogen-bond donors (Lipinski definition) is 3. The molecule has 1 heterocycles. The molecule has 0 saturated heterocycles. The number of rotatable bonds is 9. The van der Waals surface area contributed by atoms with Gasteiger partial charge in [-0.3, -0.25) is 4.79 Å². The van der Waals surface area contributed by atoms with Crippen LogP contribution in [-0.4, -0.2) is 51.4 Å². The fourth-order valence-electron chi connectivity index (χ4n) is 1.82. The Morgan fingerprint density at radius 1 is 1.36 bits per heavy atom. The van der Waals surface area contributed by atoms with E-state index in [1.54, 1.807) is 18.4 Å². The molecule has 0 aliphatic rings. The molecule has 10 heteroatoms. The molecule has 8 nitrogen and oxygen atoms in total. The van der Waals surface area contributed by atoms with Gasteiger partial charge in [-0.25, -0.2) is 13.4 Å². The number of nitrogens with zero attached hydrogens (tertiary/aromatic N) is 1. The van der Waals surface area contributed by atoms with Crippen LogP contribution in [0.5, 0.6) is 0 Å². The van der Waals surface area contributed by atoms with Gasteiger partial charge in [0.25, 0.3) is 0 Å². The Morgan fingerprint density at radius 2 is 2.08 bits per heavy atom. The molecule has 0 fully saturated rings. The van der Waals surface area contributed by atoms with Gasteiger partial charge in [-0.15, -0.1) is 24.0 Å². The summed E-state index contributed by atoms with van der Waals surface area (Å²) in [5, 5.41) is 8.82. The smallest absolute Gasteiger partial charge is 0.242 e. The van der Waals surface area contributed by atoms with Crippen LogP contribution in [0.25, 0.3) is 0 Å². The Balaban J connectivity index is 0.00000576. The van der Waals surface area contributed by atoms with Crippen LogP contribution in [0.4, 0.5) is 0 Å². The van der Waals surface area contributed by atoms with Gasteiger partial charge in [0.2, 0.25) is 5.91 Å². The molecule has 3 N–H and O–H groups in total. The van der Waals surface area contributed by atoms with Crippen molar-refractivity contribution in [2.45, 2.75) is 32.9 Å². The zero-order chi connectivity index (χ0) is 18.0. The fourth-order valence-corrected chi connectivity index (χ4v) is 2.60. The third kappa shape index (κ3) is 11.8. The molecule has 144 valence electrons. The van der Waals surface area contributed by atoms with Gasteiger partial charge in [0, 0.05) is 18.8 Å². The van der Waals surface area contributed by atoms with Crippen molar-refractivity contribution in [1.29, 1.82) is 0 Å². The topological polar surface area (TPSA) is 113 Å². The summed E-state index contributed by atoms with van der Waals surface area (Å²) in [6.07, 6.45) is 3.22. The number of carbonyl (C=O) groups excluding carboxylic acids is 1. The second-order valence-electron chi connectivity index (χ2n) is 5.52. The number of nitrogens with one attached hydrogen (secondary N) is 3. The number of guanidine groups is 1. The van der Waals surface area contributed by atoms with Crippen molar-refractivity contribution in [3.63, 3.8) is 0 Å². The van der Waals surface area contributed by atoms with E-state index in [-0.39, 0.29) is 48.2 Å². The van der Waals surface area contributed by atoms with Gasteiger partial charge in [-0.2, -0.15) is 0 Å². The number of carbonyl (C=O) groups is 1. The number of aliphatic imine (C=N–C) groups is 1. The molecule has 0 aliphatic carbocycles. The van der Waals surface area contributed by atoms with E-state index in [0.29, 0.717) is 31.2 Å². The Hall–Kier alpha value is -1.30. The summed E-state index contributed by atoms with van der Waals surface area (Å²) >= 11 is 0. The van der Waals surface area contributed by atoms with E-state index in [9.17, 15) is 13.2 Å². The van der Waals surface area contributed by atoms with Crippen molar-refractivity contribution in [2.24, 2.45) is 4.99 Å². The molecule has 1 aromatic heterocycles. The van der Waals surface area contributed by atoms with Gasteiger partial charge in [0.1, 0.15) is 22.1 Å². The number of furan rings is 1. The lowest BCUT2D eigenvalue weighted by Crippen LogP contribution is -2.43. The first-order chi connectivity index (χ1) is 11.3. The predicted molar refractivity (Wildman–Crippen MR) is 109 cm³/mol. The van der Waals surface area contributed by atoms with E-state index >= 15 is 0 Å². The van der Waals surface area contributed by atoms with Crippen LogP contribution < -0.4 is 16.0 Å². The van der Waals surface area contributed by atoms with Gasteiger partial charge in [-0.1, -0.05) is 0 Å². The van der Waals surface area contributed by atoms with Crippen LogP contribution in [0.1, 0.15) is 26.0 Å². The second-order valence-corrected chi connectivity index (χ2v) is 7.77. The summed E-state index contributed by atoms with van der Waals surface area (Å²) in [5.41, 5.74) is 0. The molecule has 1 rings (SSSR count). The highest BCUT2D eigenvalue weighted by molar-refractivity contribution is 14.0. The quantitative estimate of drug-likeness (QED) is 0.272. The Kier molecular flexibility index (Phi) is 11.5. The lowest BCUT2D eigenvalue weighted by atomic mass is 10.3. The normalized spacial score (nSPS) is 12.8. The van der Waals surface area contributed by atoms with E-state index < -0.39 is 9.84 Å². The molecular weight excluding hydrogens is 459 g/mol. The van der Waals surface area contributed by atoms with E-state index in [1.807, 2.05) is 13.8 Å². The molecule has 1 amide bonds. The maximum Gasteiger partial charge on any atom is 0.242 e. The van der Waals surface area contributed by atoms with Crippen molar-refractivity contribution in [1.82, 2.24) is 16.0 Å². The van der Waals surface area contributed by atoms with Crippen LogP contribution in [0, 0.1) is 0 Å². The summed E-state index contributed by atoms with van der Waals surface area (Å²) in [6.45, 7) is 4.70.